The number of carbonyl (C=O) groups excluding carboxylic acids is 1. The molecule has 3 aromatic rings. The molecule has 132 valence electrons. The van der Waals surface area contributed by atoms with Gasteiger partial charge in [-0.05, 0) is 72.9 Å². The van der Waals surface area contributed by atoms with Crippen molar-refractivity contribution >= 4 is 11.6 Å². The fraction of sp³-hybridized carbons (Fsp3) is 0.182. The predicted octanol–water partition coefficient (Wildman–Crippen LogP) is 4.31. The van der Waals surface area contributed by atoms with Crippen LogP contribution in [0.25, 0.3) is 0 Å². The van der Waals surface area contributed by atoms with E-state index in [0.717, 1.165) is 29.0 Å². The number of anilines is 1. The summed E-state index contributed by atoms with van der Waals surface area (Å²) in [6, 6.07) is 17.7. The van der Waals surface area contributed by atoms with Gasteiger partial charge in [0.1, 0.15) is 5.75 Å². The topological polar surface area (TPSA) is 51.2 Å². The van der Waals surface area contributed by atoms with Crippen LogP contribution in [0.15, 0.2) is 67.0 Å². The van der Waals surface area contributed by atoms with Crippen LogP contribution in [0.5, 0.6) is 5.75 Å². The van der Waals surface area contributed by atoms with Gasteiger partial charge in [-0.15, -0.1) is 0 Å². The molecule has 0 saturated heterocycles. The number of aromatic nitrogens is 1. The monoisotopic (exact) mass is 346 g/mol. The Bertz CT molecular complexity index is 874. The van der Waals surface area contributed by atoms with Gasteiger partial charge in [-0.3, -0.25) is 9.78 Å². The first-order valence-electron chi connectivity index (χ1n) is 8.58. The lowest BCUT2D eigenvalue weighted by Gasteiger charge is -2.11. The molecule has 4 nitrogen and oxygen atoms in total. The summed E-state index contributed by atoms with van der Waals surface area (Å²) in [5.41, 5.74) is 5.35. The lowest BCUT2D eigenvalue weighted by atomic mass is 10.1. The fourth-order valence-electron chi connectivity index (χ4n) is 2.66. The van der Waals surface area contributed by atoms with Crippen LogP contribution in [-0.2, 0) is 11.2 Å². The first kappa shape index (κ1) is 17.7. The van der Waals surface area contributed by atoms with Crippen molar-refractivity contribution in [1.82, 2.24) is 4.98 Å². The molecule has 0 saturated carbocycles. The molecule has 0 atom stereocenters. The molecule has 0 unspecified atom stereocenters. The number of ether oxygens (including phenoxy) is 1. The van der Waals surface area contributed by atoms with E-state index in [-0.39, 0.29) is 12.5 Å². The molecule has 1 N–H and O–H groups in total. The summed E-state index contributed by atoms with van der Waals surface area (Å²) in [4.78, 5) is 16.1. The molecule has 0 aliphatic heterocycles. The van der Waals surface area contributed by atoms with Gasteiger partial charge in [0.15, 0.2) is 6.61 Å². The highest BCUT2D eigenvalue weighted by Crippen LogP contribution is 2.20. The van der Waals surface area contributed by atoms with Crippen molar-refractivity contribution in [2.75, 3.05) is 11.9 Å². The highest BCUT2D eigenvalue weighted by molar-refractivity contribution is 5.91. The Labute approximate surface area is 153 Å². The third-order valence-electron chi connectivity index (χ3n) is 4.31. The van der Waals surface area contributed by atoms with Crippen molar-refractivity contribution in [3.8, 4) is 5.75 Å². The van der Waals surface area contributed by atoms with E-state index in [9.17, 15) is 4.79 Å². The first-order chi connectivity index (χ1) is 12.6. The van der Waals surface area contributed by atoms with E-state index in [4.69, 9.17) is 4.74 Å². The molecule has 0 aliphatic rings. The molecule has 1 heterocycles. The van der Waals surface area contributed by atoms with E-state index >= 15 is 0 Å². The Morgan fingerprint density at radius 2 is 1.65 bits per heavy atom. The largest absolute Gasteiger partial charge is 0.483 e. The normalized spacial score (nSPS) is 10.4. The number of benzene rings is 2. The molecule has 2 aromatic carbocycles. The highest BCUT2D eigenvalue weighted by atomic mass is 16.5. The fourth-order valence-corrected chi connectivity index (χ4v) is 2.66. The van der Waals surface area contributed by atoms with Crippen molar-refractivity contribution < 1.29 is 9.53 Å². The van der Waals surface area contributed by atoms with Crippen LogP contribution in [0.2, 0.25) is 0 Å². The molecular weight excluding hydrogens is 324 g/mol. The number of nitrogens with zero attached hydrogens (tertiary/aromatic N) is 1. The van der Waals surface area contributed by atoms with E-state index in [1.54, 1.807) is 12.4 Å². The molecule has 1 aromatic heterocycles. The van der Waals surface area contributed by atoms with Gasteiger partial charge in [-0.25, -0.2) is 0 Å². The Hall–Kier alpha value is -3.14. The van der Waals surface area contributed by atoms with Gasteiger partial charge in [0.05, 0.1) is 0 Å². The molecule has 3 rings (SSSR count). The van der Waals surface area contributed by atoms with Crippen LogP contribution in [0.3, 0.4) is 0 Å². The second kappa shape index (κ2) is 8.30. The van der Waals surface area contributed by atoms with Crippen molar-refractivity contribution in [3.05, 3.63) is 89.2 Å². The van der Waals surface area contributed by atoms with Gasteiger partial charge >= 0.3 is 0 Å². The zero-order valence-electron chi connectivity index (χ0n) is 15.0. The van der Waals surface area contributed by atoms with Gasteiger partial charge in [0.2, 0.25) is 0 Å². The highest BCUT2D eigenvalue weighted by Gasteiger charge is 2.07. The summed E-state index contributed by atoms with van der Waals surface area (Å²) >= 11 is 0. The second-order valence-corrected chi connectivity index (χ2v) is 6.26. The summed E-state index contributed by atoms with van der Waals surface area (Å²) in [5.74, 6) is 0.570. The average Bonchev–Trinajstić information content (AvgIpc) is 2.65. The minimum atomic E-state index is -0.173. The van der Waals surface area contributed by atoms with Crippen molar-refractivity contribution in [2.24, 2.45) is 0 Å². The van der Waals surface area contributed by atoms with Gasteiger partial charge in [-0.1, -0.05) is 24.3 Å². The van der Waals surface area contributed by atoms with Crippen LogP contribution < -0.4 is 10.1 Å². The minimum Gasteiger partial charge on any atom is -0.483 e. The van der Waals surface area contributed by atoms with Crippen LogP contribution in [0.4, 0.5) is 5.69 Å². The Morgan fingerprint density at radius 3 is 2.38 bits per heavy atom. The van der Waals surface area contributed by atoms with Crippen LogP contribution in [-0.4, -0.2) is 17.5 Å². The van der Waals surface area contributed by atoms with Crippen molar-refractivity contribution in [1.29, 1.82) is 0 Å². The van der Waals surface area contributed by atoms with Crippen LogP contribution >= 0.6 is 0 Å². The Kier molecular flexibility index (Phi) is 5.64. The number of hydrogen-bond acceptors (Lipinski definition) is 3. The summed E-state index contributed by atoms with van der Waals surface area (Å²) in [5, 5.41) is 2.86. The SMILES string of the molecule is Cc1cccc(OCC(=O)Nc2ccc(Cc3ccncc3)cc2)c1C. The molecule has 1 amide bonds. The zero-order chi connectivity index (χ0) is 18.4. The van der Waals surface area contributed by atoms with E-state index in [1.165, 1.54) is 11.1 Å². The smallest absolute Gasteiger partial charge is 0.262 e. The Balaban J connectivity index is 1.53. The van der Waals surface area contributed by atoms with Gasteiger partial charge < -0.3 is 10.1 Å². The van der Waals surface area contributed by atoms with E-state index in [1.807, 2.05) is 68.4 Å². The average molecular weight is 346 g/mol. The molecule has 0 aliphatic carbocycles. The van der Waals surface area contributed by atoms with E-state index in [0.29, 0.717) is 0 Å². The number of hydrogen-bond donors (Lipinski definition) is 1. The molecule has 0 radical (unpaired) electrons. The first-order valence-corrected chi connectivity index (χ1v) is 8.58. The second-order valence-electron chi connectivity index (χ2n) is 6.26. The number of aryl methyl sites for hydroxylation is 1. The standard InChI is InChI=1S/C22H22N2O2/c1-16-4-3-5-21(17(16)2)26-15-22(25)24-20-8-6-18(7-9-20)14-19-10-12-23-13-11-19/h3-13H,14-15H2,1-2H3,(H,24,25). The maximum atomic E-state index is 12.1. The third-order valence-corrected chi connectivity index (χ3v) is 4.31. The molecule has 0 fully saturated rings. The third kappa shape index (κ3) is 4.70. The lowest BCUT2D eigenvalue weighted by molar-refractivity contribution is -0.118. The number of nitrogens with one attached hydrogen (secondary N) is 1. The van der Waals surface area contributed by atoms with E-state index < -0.39 is 0 Å². The van der Waals surface area contributed by atoms with E-state index in [2.05, 4.69) is 10.3 Å². The van der Waals surface area contributed by atoms with Crippen molar-refractivity contribution in [2.45, 2.75) is 20.3 Å². The maximum Gasteiger partial charge on any atom is 0.262 e. The quantitative estimate of drug-likeness (QED) is 0.724. The predicted molar refractivity (Wildman–Crippen MR) is 104 cm³/mol. The minimum absolute atomic E-state index is 0.0109. The molecule has 0 spiro atoms. The number of rotatable bonds is 6. The summed E-state index contributed by atoms with van der Waals surface area (Å²) < 4.78 is 5.64. The number of carbonyl (C=O) groups is 1. The van der Waals surface area contributed by atoms with Gasteiger partial charge in [0, 0.05) is 18.1 Å². The molecule has 4 heteroatoms. The number of pyridine rings is 1. The molecular formula is C22H22N2O2. The zero-order valence-corrected chi connectivity index (χ0v) is 15.0. The van der Waals surface area contributed by atoms with Gasteiger partial charge in [0.25, 0.3) is 5.91 Å². The van der Waals surface area contributed by atoms with Crippen molar-refractivity contribution in [3.63, 3.8) is 0 Å². The summed E-state index contributed by atoms with van der Waals surface area (Å²) in [7, 11) is 0. The summed E-state index contributed by atoms with van der Waals surface area (Å²) in [6.45, 7) is 4.00. The van der Waals surface area contributed by atoms with Gasteiger partial charge in [-0.2, -0.15) is 0 Å². The lowest BCUT2D eigenvalue weighted by Crippen LogP contribution is -2.20. The molecule has 26 heavy (non-hydrogen) atoms. The maximum absolute atomic E-state index is 12.1. The Morgan fingerprint density at radius 1 is 0.962 bits per heavy atom. The molecule has 0 bridgehead atoms. The van der Waals surface area contributed by atoms with Crippen LogP contribution in [0.1, 0.15) is 22.3 Å². The van der Waals surface area contributed by atoms with Crippen LogP contribution in [0, 0.1) is 13.8 Å². The summed E-state index contributed by atoms with van der Waals surface area (Å²) in [6.07, 6.45) is 4.42. The number of amides is 1.